The first-order valence-electron chi connectivity index (χ1n) is 9.12. The molecule has 1 N–H and O–H groups in total. The predicted molar refractivity (Wildman–Crippen MR) is 106 cm³/mol. The minimum Gasteiger partial charge on any atom is -0.351 e. The maximum absolute atomic E-state index is 12.6. The van der Waals surface area contributed by atoms with Gasteiger partial charge in [-0.1, -0.05) is 36.4 Å². The number of carbonyl (C=O) groups excluding carboxylic acids is 1. The van der Waals surface area contributed by atoms with E-state index < -0.39 is 0 Å². The van der Waals surface area contributed by atoms with Gasteiger partial charge in [0.1, 0.15) is 17.4 Å². The zero-order valence-corrected chi connectivity index (χ0v) is 14.8. The molecule has 1 fully saturated rings. The molecule has 27 heavy (non-hydrogen) atoms. The molecule has 0 saturated carbocycles. The van der Waals surface area contributed by atoms with Gasteiger partial charge in [-0.25, -0.2) is 9.97 Å². The summed E-state index contributed by atoms with van der Waals surface area (Å²) in [6, 6.07) is 17.6. The largest absolute Gasteiger partial charge is 0.351 e. The first-order valence-corrected chi connectivity index (χ1v) is 9.12. The number of carbonyl (C=O) groups is 1. The summed E-state index contributed by atoms with van der Waals surface area (Å²) in [4.78, 5) is 29.3. The van der Waals surface area contributed by atoms with E-state index in [2.05, 4.69) is 32.0 Å². The van der Waals surface area contributed by atoms with Gasteiger partial charge in [0, 0.05) is 42.6 Å². The normalized spacial score (nSPS) is 14.8. The molecule has 0 atom stereocenters. The van der Waals surface area contributed by atoms with Crippen molar-refractivity contribution in [1.82, 2.24) is 19.9 Å². The van der Waals surface area contributed by atoms with Gasteiger partial charge in [-0.15, -0.1) is 0 Å². The fourth-order valence-corrected chi connectivity index (χ4v) is 3.75. The van der Waals surface area contributed by atoms with E-state index in [0.29, 0.717) is 13.1 Å². The standard InChI is InChI=1S/C21H19N5O/c27-21(15-6-2-1-3-7-15)26-12-10-25(11-13-26)20-19-18(22-14-23-20)16-8-4-5-9-17(16)24-19/h1-9,14,24H,10-13H2. The van der Waals surface area contributed by atoms with E-state index in [1.807, 2.05) is 47.4 Å². The smallest absolute Gasteiger partial charge is 0.253 e. The molecule has 0 unspecified atom stereocenters. The molecule has 2 aromatic carbocycles. The van der Waals surface area contributed by atoms with Crippen LogP contribution >= 0.6 is 0 Å². The van der Waals surface area contributed by atoms with Crippen LogP contribution in [0, 0.1) is 0 Å². The topological polar surface area (TPSA) is 65.1 Å². The van der Waals surface area contributed by atoms with Gasteiger partial charge in [0.05, 0.1) is 0 Å². The number of nitrogens with one attached hydrogen (secondary N) is 1. The van der Waals surface area contributed by atoms with E-state index in [0.717, 1.165) is 46.4 Å². The third-order valence-corrected chi connectivity index (χ3v) is 5.16. The number of hydrogen-bond acceptors (Lipinski definition) is 4. The molecule has 1 aliphatic rings. The van der Waals surface area contributed by atoms with E-state index in [9.17, 15) is 4.79 Å². The van der Waals surface area contributed by atoms with Crippen LogP contribution in [-0.2, 0) is 0 Å². The maximum atomic E-state index is 12.6. The molecular weight excluding hydrogens is 338 g/mol. The van der Waals surface area contributed by atoms with Crippen molar-refractivity contribution >= 4 is 33.7 Å². The highest BCUT2D eigenvalue weighted by atomic mass is 16.2. The Kier molecular flexibility index (Phi) is 3.74. The minimum atomic E-state index is 0.0914. The summed E-state index contributed by atoms with van der Waals surface area (Å²) in [7, 11) is 0. The van der Waals surface area contributed by atoms with E-state index in [1.165, 1.54) is 0 Å². The fourth-order valence-electron chi connectivity index (χ4n) is 3.75. The van der Waals surface area contributed by atoms with Crippen LogP contribution in [0.15, 0.2) is 60.9 Å². The van der Waals surface area contributed by atoms with Gasteiger partial charge in [-0.3, -0.25) is 4.79 Å². The maximum Gasteiger partial charge on any atom is 0.253 e. The summed E-state index contributed by atoms with van der Waals surface area (Å²) in [6.07, 6.45) is 1.62. The SMILES string of the molecule is O=C(c1ccccc1)N1CCN(c2ncnc3c2[nH]c2ccccc23)CC1. The average molecular weight is 357 g/mol. The molecule has 5 rings (SSSR count). The lowest BCUT2D eigenvalue weighted by Crippen LogP contribution is -2.49. The van der Waals surface area contributed by atoms with Crippen molar-refractivity contribution in [2.75, 3.05) is 31.1 Å². The van der Waals surface area contributed by atoms with Gasteiger partial charge in [-0.05, 0) is 18.2 Å². The van der Waals surface area contributed by atoms with Crippen LogP contribution in [0.5, 0.6) is 0 Å². The van der Waals surface area contributed by atoms with Crippen molar-refractivity contribution in [2.45, 2.75) is 0 Å². The van der Waals surface area contributed by atoms with E-state index in [4.69, 9.17) is 0 Å². The molecule has 134 valence electrons. The highest BCUT2D eigenvalue weighted by molar-refractivity contribution is 6.08. The number of H-pyrrole nitrogens is 1. The van der Waals surface area contributed by atoms with Gasteiger partial charge < -0.3 is 14.8 Å². The van der Waals surface area contributed by atoms with Crippen LogP contribution in [0.4, 0.5) is 5.82 Å². The number of aromatic amines is 1. The quantitative estimate of drug-likeness (QED) is 0.599. The summed E-state index contributed by atoms with van der Waals surface area (Å²) >= 11 is 0. The lowest BCUT2D eigenvalue weighted by Gasteiger charge is -2.35. The molecule has 2 aromatic heterocycles. The highest BCUT2D eigenvalue weighted by Gasteiger charge is 2.24. The number of anilines is 1. The number of amides is 1. The number of fused-ring (bicyclic) bond motifs is 3. The van der Waals surface area contributed by atoms with Crippen molar-refractivity contribution in [2.24, 2.45) is 0 Å². The zero-order chi connectivity index (χ0) is 18.2. The molecule has 0 spiro atoms. The van der Waals surface area contributed by atoms with Crippen LogP contribution in [0.1, 0.15) is 10.4 Å². The number of hydrogen-bond donors (Lipinski definition) is 1. The molecule has 0 bridgehead atoms. The highest BCUT2D eigenvalue weighted by Crippen LogP contribution is 2.29. The third kappa shape index (κ3) is 2.70. The number of para-hydroxylation sites is 1. The van der Waals surface area contributed by atoms with Gasteiger partial charge in [0.25, 0.3) is 5.91 Å². The molecule has 1 aliphatic heterocycles. The summed E-state index contributed by atoms with van der Waals surface area (Å²) in [5, 5.41) is 1.11. The average Bonchev–Trinajstić information content (AvgIpc) is 3.13. The van der Waals surface area contributed by atoms with Crippen LogP contribution in [0.3, 0.4) is 0 Å². The molecule has 1 saturated heterocycles. The van der Waals surface area contributed by atoms with Crippen molar-refractivity contribution in [3.05, 3.63) is 66.5 Å². The third-order valence-electron chi connectivity index (χ3n) is 5.16. The Balaban J connectivity index is 1.40. The van der Waals surface area contributed by atoms with Crippen LogP contribution in [0.2, 0.25) is 0 Å². The molecular formula is C21H19N5O. The lowest BCUT2D eigenvalue weighted by atomic mass is 10.2. The predicted octanol–water partition coefficient (Wildman–Crippen LogP) is 3.07. The Morgan fingerprint density at radius 1 is 0.889 bits per heavy atom. The lowest BCUT2D eigenvalue weighted by molar-refractivity contribution is 0.0746. The molecule has 1 amide bonds. The Hall–Kier alpha value is -3.41. The molecule has 4 aromatic rings. The van der Waals surface area contributed by atoms with Crippen LogP contribution in [-0.4, -0.2) is 51.9 Å². The molecule has 0 radical (unpaired) electrons. The second-order valence-electron chi connectivity index (χ2n) is 6.74. The first kappa shape index (κ1) is 15.8. The van der Waals surface area contributed by atoms with Crippen LogP contribution in [0.25, 0.3) is 21.9 Å². The number of benzene rings is 2. The van der Waals surface area contributed by atoms with E-state index in [1.54, 1.807) is 6.33 Å². The number of piperazine rings is 1. The summed E-state index contributed by atoms with van der Waals surface area (Å²) in [5.74, 6) is 0.997. The molecule has 6 heteroatoms. The van der Waals surface area contributed by atoms with E-state index in [-0.39, 0.29) is 5.91 Å². The zero-order valence-electron chi connectivity index (χ0n) is 14.8. The van der Waals surface area contributed by atoms with Gasteiger partial charge >= 0.3 is 0 Å². The number of rotatable bonds is 2. The number of nitrogens with zero attached hydrogens (tertiary/aromatic N) is 4. The summed E-state index contributed by atoms with van der Waals surface area (Å²) < 4.78 is 0. The Bertz CT molecular complexity index is 1110. The second-order valence-corrected chi connectivity index (χ2v) is 6.74. The Morgan fingerprint density at radius 2 is 1.63 bits per heavy atom. The van der Waals surface area contributed by atoms with Crippen molar-refractivity contribution < 1.29 is 4.79 Å². The van der Waals surface area contributed by atoms with Crippen molar-refractivity contribution in [3.63, 3.8) is 0 Å². The summed E-state index contributed by atoms with van der Waals surface area (Å²) in [5.41, 5.74) is 3.71. The van der Waals surface area contributed by atoms with Crippen molar-refractivity contribution in [3.8, 4) is 0 Å². The monoisotopic (exact) mass is 357 g/mol. The van der Waals surface area contributed by atoms with Gasteiger partial charge in [0.15, 0.2) is 5.82 Å². The molecule has 6 nitrogen and oxygen atoms in total. The Labute approximate surface area is 156 Å². The van der Waals surface area contributed by atoms with Gasteiger partial charge in [0.2, 0.25) is 0 Å². The molecule has 3 heterocycles. The fraction of sp³-hybridized carbons (Fsp3) is 0.190. The van der Waals surface area contributed by atoms with Crippen molar-refractivity contribution in [1.29, 1.82) is 0 Å². The van der Waals surface area contributed by atoms with Crippen LogP contribution < -0.4 is 4.90 Å². The summed E-state index contributed by atoms with van der Waals surface area (Å²) in [6.45, 7) is 2.86. The number of aromatic nitrogens is 3. The van der Waals surface area contributed by atoms with E-state index >= 15 is 0 Å². The Morgan fingerprint density at radius 3 is 2.44 bits per heavy atom. The first-order chi connectivity index (χ1) is 13.3. The second kappa shape index (κ2) is 6.39. The van der Waals surface area contributed by atoms with Gasteiger partial charge in [-0.2, -0.15) is 0 Å². The minimum absolute atomic E-state index is 0.0914. The molecule has 0 aliphatic carbocycles.